The van der Waals surface area contributed by atoms with E-state index in [0.29, 0.717) is 0 Å². The Balaban J connectivity index is 1.52. The van der Waals surface area contributed by atoms with E-state index in [4.69, 9.17) is 0 Å². The standard InChI is InChI=1S/C24H42/c1-3-5-6-10-22-17-19-24(20-18-22)12-8-7-11-23-15-13-21(9-4-2)14-16-23/h4,7,9,11,21-24H,3,5-6,8,10,12-20H2,1-2H3/b9-4+,11-7+. The van der Waals surface area contributed by atoms with Crippen molar-refractivity contribution in [2.75, 3.05) is 0 Å². The van der Waals surface area contributed by atoms with Gasteiger partial charge in [0.1, 0.15) is 0 Å². The van der Waals surface area contributed by atoms with Crippen LogP contribution in [0, 0.1) is 23.7 Å². The predicted octanol–water partition coefficient (Wildman–Crippen LogP) is 8.09. The highest BCUT2D eigenvalue weighted by molar-refractivity contribution is 4.95. The van der Waals surface area contributed by atoms with E-state index in [1.807, 2.05) is 0 Å². The van der Waals surface area contributed by atoms with Crippen molar-refractivity contribution in [3.63, 3.8) is 0 Å². The summed E-state index contributed by atoms with van der Waals surface area (Å²) in [6.07, 6.45) is 30.0. The molecule has 138 valence electrons. The van der Waals surface area contributed by atoms with Gasteiger partial charge in [-0.2, -0.15) is 0 Å². The molecular formula is C24H42. The van der Waals surface area contributed by atoms with E-state index < -0.39 is 0 Å². The van der Waals surface area contributed by atoms with Crippen LogP contribution in [0.2, 0.25) is 0 Å². The van der Waals surface area contributed by atoms with E-state index >= 15 is 0 Å². The Morgan fingerprint density at radius 3 is 1.88 bits per heavy atom. The summed E-state index contributed by atoms with van der Waals surface area (Å²) in [5, 5.41) is 0. The average Bonchev–Trinajstić information content (AvgIpc) is 2.62. The van der Waals surface area contributed by atoms with Gasteiger partial charge in [0.2, 0.25) is 0 Å². The lowest BCUT2D eigenvalue weighted by atomic mass is 9.78. The van der Waals surface area contributed by atoms with Crippen LogP contribution in [-0.2, 0) is 0 Å². The van der Waals surface area contributed by atoms with Gasteiger partial charge in [-0.05, 0) is 69.1 Å². The molecule has 0 aromatic rings. The summed E-state index contributed by atoms with van der Waals surface area (Å²) in [4.78, 5) is 0. The van der Waals surface area contributed by atoms with Crippen LogP contribution in [-0.4, -0.2) is 0 Å². The topological polar surface area (TPSA) is 0 Å². The second-order valence-corrected chi connectivity index (χ2v) is 8.59. The van der Waals surface area contributed by atoms with Crippen LogP contribution in [0.1, 0.15) is 104 Å². The molecule has 0 aliphatic heterocycles. The van der Waals surface area contributed by atoms with Crippen molar-refractivity contribution in [2.24, 2.45) is 23.7 Å². The molecule has 2 aliphatic rings. The van der Waals surface area contributed by atoms with Crippen LogP contribution in [0.15, 0.2) is 24.3 Å². The summed E-state index contributed by atoms with van der Waals surface area (Å²) < 4.78 is 0. The van der Waals surface area contributed by atoms with Crippen LogP contribution in [0.3, 0.4) is 0 Å². The molecule has 0 saturated heterocycles. The molecule has 0 radical (unpaired) electrons. The lowest BCUT2D eigenvalue weighted by Crippen LogP contribution is -2.14. The maximum atomic E-state index is 2.56. The van der Waals surface area contributed by atoms with Crippen molar-refractivity contribution in [1.29, 1.82) is 0 Å². The van der Waals surface area contributed by atoms with Gasteiger partial charge in [0.15, 0.2) is 0 Å². The Bertz CT molecular complexity index is 348. The summed E-state index contributed by atoms with van der Waals surface area (Å²) in [6.45, 7) is 4.48. The SMILES string of the molecule is C/C=C/C1CCC(/C=C/CCC2CCC(CCCCC)CC2)CC1. The highest BCUT2D eigenvalue weighted by atomic mass is 14.3. The third-order valence-corrected chi connectivity index (χ3v) is 6.61. The van der Waals surface area contributed by atoms with E-state index in [2.05, 4.69) is 38.2 Å². The van der Waals surface area contributed by atoms with Gasteiger partial charge in [-0.25, -0.2) is 0 Å². The Hall–Kier alpha value is -0.520. The van der Waals surface area contributed by atoms with E-state index in [9.17, 15) is 0 Å². The Kier molecular flexibility index (Phi) is 9.85. The second kappa shape index (κ2) is 11.9. The normalized spacial score (nSPS) is 31.9. The Morgan fingerprint density at radius 2 is 1.29 bits per heavy atom. The molecule has 0 aromatic carbocycles. The zero-order valence-corrected chi connectivity index (χ0v) is 16.5. The van der Waals surface area contributed by atoms with Crippen LogP contribution < -0.4 is 0 Å². The predicted molar refractivity (Wildman–Crippen MR) is 108 cm³/mol. The van der Waals surface area contributed by atoms with Crippen molar-refractivity contribution < 1.29 is 0 Å². The first-order valence-electron chi connectivity index (χ1n) is 11.1. The number of rotatable bonds is 9. The number of hydrogen-bond acceptors (Lipinski definition) is 0. The van der Waals surface area contributed by atoms with Crippen LogP contribution >= 0.6 is 0 Å². The fraction of sp³-hybridized carbons (Fsp3) is 0.833. The first-order valence-corrected chi connectivity index (χ1v) is 11.1. The summed E-state index contributed by atoms with van der Waals surface area (Å²) >= 11 is 0. The maximum absolute atomic E-state index is 2.56. The number of unbranched alkanes of at least 4 members (excludes halogenated alkanes) is 2. The molecule has 2 saturated carbocycles. The van der Waals surface area contributed by atoms with Crippen molar-refractivity contribution in [3.05, 3.63) is 24.3 Å². The summed E-state index contributed by atoms with van der Waals surface area (Å²) in [7, 11) is 0. The maximum Gasteiger partial charge on any atom is -0.0233 e. The molecule has 24 heavy (non-hydrogen) atoms. The van der Waals surface area contributed by atoms with Gasteiger partial charge >= 0.3 is 0 Å². The molecular weight excluding hydrogens is 288 g/mol. The van der Waals surface area contributed by atoms with E-state index in [1.54, 1.807) is 0 Å². The summed E-state index contributed by atoms with van der Waals surface area (Å²) in [5.74, 6) is 3.84. The third kappa shape index (κ3) is 7.58. The molecule has 0 bridgehead atoms. The first-order chi connectivity index (χ1) is 11.8. The van der Waals surface area contributed by atoms with Crippen molar-refractivity contribution in [2.45, 2.75) is 104 Å². The molecule has 0 N–H and O–H groups in total. The molecule has 2 rings (SSSR count). The van der Waals surface area contributed by atoms with Crippen LogP contribution in [0.5, 0.6) is 0 Å². The lowest BCUT2D eigenvalue weighted by molar-refractivity contribution is 0.250. The minimum atomic E-state index is 0.868. The van der Waals surface area contributed by atoms with Gasteiger partial charge in [0, 0.05) is 0 Å². The van der Waals surface area contributed by atoms with Gasteiger partial charge in [-0.15, -0.1) is 0 Å². The monoisotopic (exact) mass is 330 g/mol. The molecule has 0 spiro atoms. The molecule has 0 unspecified atom stereocenters. The zero-order valence-electron chi connectivity index (χ0n) is 16.5. The quantitative estimate of drug-likeness (QED) is 0.296. The van der Waals surface area contributed by atoms with Gasteiger partial charge in [-0.1, -0.05) is 82.6 Å². The number of hydrogen-bond donors (Lipinski definition) is 0. The van der Waals surface area contributed by atoms with Gasteiger partial charge < -0.3 is 0 Å². The van der Waals surface area contributed by atoms with Gasteiger partial charge in [-0.3, -0.25) is 0 Å². The van der Waals surface area contributed by atoms with E-state index in [0.717, 1.165) is 23.7 Å². The molecule has 0 nitrogen and oxygen atoms in total. The van der Waals surface area contributed by atoms with Crippen molar-refractivity contribution >= 4 is 0 Å². The molecule has 0 aromatic heterocycles. The Morgan fingerprint density at radius 1 is 0.708 bits per heavy atom. The average molecular weight is 331 g/mol. The van der Waals surface area contributed by atoms with Crippen molar-refractivity contribution in [1.82, 2.24) is 0 Å². The molecule has 0 heterocycles. The fourth-order valence-electron chi connectivity index (χ4n) is 4.91. The fourth-order valence-corrected chi connectivity index (χ4v) is 4.91. The van der Waals surface area contributed by atoms with E-state index in [1.165, 1.54) is 89.9 Å². The third-order valence-electron chi connectivity index (χ3n) is 6.61. The highest BCUT2D eigenvalue weighted by Gasteiger charge is 2.20. The minimum absolute atomic E-state index is 0.868. The van der Waals surface area contributed by atoms with E-state index in [-0.39, 0.29) is 0 Å². The molecule has 2 fully saturated rings. The molecule has 0 heteroatoms. The smallest absolute Gasteiger partial charge is 0.0233 e. The highest BCUT2D eigenvalue weighted by Crippen LogP contribution is 2.34. The number of allylic oxidation sites excluding steroid dienone is 4. The first kappa shape index (κ1) is 19.8. The zero-order chi connectivity index (χ0) is 17.0. The largest absolute Gasteiger partial charge is 0.0914 e. The van der Waals surface area contributed by atoms with Crippen LogP contribution in [0.25, 0.3) is 0 Å². The molecule has 0 amide bonds. The van der Waals surface area contributed by atoms with Gasteiger partial charge in [0.05, 0.1) is 0 Å². The van der Waals surface area contributed by atoms with Crippen LogP contribution in [0.4, 0.5) is 0 Å². The molecule has 0 atom stereocenters. The minimum Gasteiger partial charge on any atom is -0.0914 e. The second-order valence-electron chi connectivity index (χ2n) is 8.59. The summed E-state index contributed by atoms with van der Waals surface area (Å²) in [5.41, 5.74) is 0. The molecule has 2 aliphatic carbocycles. The summed E-state index contributed by atoms with van der Waals surface area (Å²) in [6, 6.07) is 0. The lowest BCUT2D eigenvalue weighted by Gasteiger charge is -2.28. The Labute approximate surface area is 152 Å². The van der Waals surface area contributed by atoms with Gasteiger partial charge in [0.25, 0.3) is 0 Å². The van der Waals surface area contributed by atoms with Crippen molar-refractivity contribution in [3.8, 4) is 0 Å².